The lowest BCUT2D eigenvalue weighted by atomic mass is 10.1. The van der Waals surface area contributed by atoms with E-state index in [0.717, 1.165) is 5.56 Å². The third kappa shape index (κ3) is 3.39. The minimum absolute atomic E-state index is 0.0433. The summed E-state index contributed by atoms with van der Waals surface area (Å²) in [7, 11) is 0. The molecule has 0 saturated carbocycles. The van der Waals surface area contributed by atoms with Crippen LogP contribution in [0.1, 0.15) is 18.6 Å². The summed E-state index contributed by atoms with van der Waals surface area (Å²) in [5.41, 5.74) is 1.79. The molecule has 0 radical (unpaired) electrons. The lowest BCUT2D eigenvalue weighted by Crippen LogP contribution is -2.43. The first kappa shape index (κ1) is 18.6. The van der Waals surface area contributed by atoms with Gasteiger partial charge < -0.3 is 9.64 Å². The molecule has 3 heterocycles. The second-order valence-corrected chi connectivity index (χ2v) is 7.36. The minimum atomic E-state index is -0.379. The standard InChI is InChI=1S/C22H19F2N5O/c1-14-12-28(13-19(30-14)15-6-8-16(23)9-7-15)21-11-10-20-25-26-22(29(20)27-21)17-4-2-3-5-18(17)24/h2-11,14,19H,12-13H2,1H3. The number of hydrogen-bond acceptors (Lipinski definition) is 5. The number of fused-ring (bicyclic) bond motifs is 1. The summed E-state index contributed by atoms with van der Waals surface area (Å²) < 4.78 is 35.2. The van der Waals surface area contributed by atoms with Crippen LogP contribution in [0.3, 0.4) is 0 Å². The van der Waals surface area contributed by atoms with E-state index in [4.69, 9.17) is 4.74 Å². The molecular weight excluding hydrogens is 388 g/mol. The average Bonchev–Trinajstić information content (AvgIpc) is 3.17. The second kappa shape index (κ2) is 7.46. The Labute approximate surface area is 171 Å². The van der Waals surface area contributed by atoms with Gasteiger partial charge in [0.1, 0.15) is 23.6 Å². The number of morpholine rings is 1. The molecule has 0 bridgehead atoms. The van der Waals surface area contributed by atoms with E-state index in [0.29, 0.717) is 35.9 Å². The lowest BCUT2D eigenvalue weighted by molar-refractivity contribution is -0.0176. The van der Waals surface area contributed by atoms with Crippen molar-refractivity contribution in [3.05, 3.63) is 77.9 Å². The summed E-state index contributed by atoms with van der Waals surface area (Å²) in [6.07, 6.45) is -0.253. The van der Waals surface area contributed by atoms with Crippen LogP contribution < -0.4 is 4.90 Å². The van der Waals surface area contributed by atoms with Crippen molar-refractivity contribution < 1.29 is 13.5 Å². The van der Waals surface area contributed by atoms with Gasteiger partial charge in [-0.15, -0.1) is 15.3 Å². The highest BCUT2D eigenvalue weighted by atomic mass is 19.1. The van der Waals surface area contributed by atoms with Gasteiger partial charge in [-0.1, -0.05) is 24.3 Å². The predicted octanol–water partition coefficient (Wildman–Crippen LogP) is 4.04. The van der Waals surface area contributed by atoms with Crippen molar-refractivity contribution in [3.8, 4) is 11.4 Å². The van der Waals surface area contributed by atoms with Crippen LogP contribution in [0, 0.1) is 11.6 Å². The van der Waals surface area contributed by atoms with E-state index in [1.165, 1.54) is 18.2 Å². The quantitative estimate of drug-likeness (QED) is 0.513. The Morgan fingerprint density at radius 2 is 1.73 bits per heavy atom. The third-order valence-corrected chi connectivity index (χ3v) is 5.19. The molecule has 0 spiro atoms. The maximum atomic E-state index is 14.3. The Kier molecular flexibility index (Phi) is 4.63. The zero-order chi connectivity index (χ0) is 20.7. The van der Waals surface area contributed by atoms with Gasteiger partial charge in [-0.25, -0.2) is 8.78 Å². The normalized spacial score (nSPS) is 19.4. The maximum Gasteiger partial charge on any atom is 0.188 e. The van der Waals surface area contributed by atoms with Crippen LogP contribution in [0.2, 0.25) is 0 Å². The van der Waals surface area contributed by atoms with Crippen LogP contribution in [-0.2, 0) is 4.74 Å². The Hall–Kier alpha value is -3.39. The molecule has 2 aromatic heterocycles. The summed E-state index contributed by atoms with van der Waals surface area (Å²) in [5.74, 6) is 0.402. The van der Waals surface area contributed by atoms with Gasteiger partial charge in [0.05, 0.1) is 11.7 Å². The molecule has 30 heavy (non-hydrogen) atoms. The first-order chi connectivity index (χ1) is 14.6. The van der Waals surface area contributed by atoms with Gasteiger partial charge in [0.25, 0.3) is 0 Å². The third-order valence-electron chi connectivity index (χ3n) is 5.19. The molecule has 0 aliphatic carbocycles. The van der Waals surface area contributed by atoms with Gasteiger partial charge in [-0.05, 0) is 48.9 Å². The lowest BCUT2D eigenvalue weighted by Gasteiger charge is -2.37. The number of halogens is 2. The summed E-state index contributed by atoms with van der Waals surface area (Å²) >= 11 is 0. The molecule has 5 rings (SSSR count). The summed E-state index contributed by atoms with van der Waals surface area (Å²) in [6, 6.07) is 16.5. The first-order valence-electron chi connectivity index (χ1n) is 9.72. The molecule has 0 amide bonds. The zero-order valence-corrected chi connectivity index (χ0v) is 16.2. The highest BCUT2D eigenvalue weighted by Gasteiger charge is 2.28. The summed E-state index contributed by atoms with van der Waals surface area (Å²) in [6.45, 7) is 3.20. The van der Waals surface area contributed by atoms with E-state index >= 15 is 0 Å². The fraction of sp³-hybridized carbons (Fsp3) is 0.227. The van der Waals surface area contributed by atoms with Gasteiger partial charge in [0, 0.05) is 13.1 Å². The van der Waals surface area contributed by atoms with Gasteiger partial charge in [-0.2, -0.15) is 4.52 Å². The van der Waals surface area contributed by atoms with Crippen LogP contribution >= 0.6 is 0 Å². The fourth-order valence-corrected chi connectivity index (χ4v) is 3.76. The number of hydrogen-bond donors (Lipinski definition) is 0. The van der Waals surface area contributed by atoms with Gasteiger partial charge in [0.15, 0.2) is 11.5 Å². The molecule has 1 aliphatic heterocycles. The molecule has 152 valence electrons. The molecule has 0 N–H and O–H groups in total. The number of ether oxygens (including phenoxy) is 1. The predicted molar refractivity (Wildman–Crippen MR) is 108 cm³/mol. The van der Waals surface area contributed by atoms with Crippen molar-refractivity contribution in [2.75, 3.05) is 18.0 Å². The molecule has 8 heteroatoms. The largest absolute Gasteiger partial charge is 0.367 e. The van der Waals surface area contributed by atoms with Gasteiger partial charge >= 0.3 is 0 Å². The Morgan fingerprint density at radius 1 is 0.933 bits per heavy atom. The van der Waals surface area contributed by atoms with Crippen molar-refractivity contribution in [2.45, 2.75) is 19.1 Å². The highest BCUT2D eigenvalue weighted by Crippen LogP contribution is 2.29. The van der Waals surface area contributed by atoms with E-state index in [2.05, 4.69) is 20.2 Å². The van der Waals surface area contributed by atoms with Crippen LogP contribution in [0.15, 0.2) is 60.7 Å². The first-order valence-corrected chi connectivity index (χ1v) is 9.72. The number of rotatable bonds is 3. The van der Waals surface area contributed by atoms with Crippen LogP contribution in [-0.4, -0.2) is 39.0 Å². The number of nitrogens with zero attached hydrogens (tertiary/aromatic N) is 5. The van der Waals surface area contributed by atoms with E-state index < -0.39 is 0 Å². The molecule has 1 fully saturated rings. The Bertz CT molecular complexity index is 1190. The van der Waals surface area contributed by atoms with Crippen molar-refractivity contribution in [1.82, 2.24) is 19.8 Å². The second-order valence-electron chi connectivity index (χ2n) is 7.36. The van der Waals surface area contributed by atoms with E-state index in [1.54, 1.807) is 34.8 Å². The van der Waals surface area contributed by atoms with Gasteiger partial charge in [0.2, 0.25) is 0 Å². The molecule has 2 unspecified atom stereocenters. The smallest absolute Gasteiger partial charge is 0.188 e. The molecule has 2 atom stereocenters. The summed E-state index contributed by atoms with van der Waals surface area (Å²) in [4.78, 5) is 2.10. The number of anilines is 1. The van der Waals surface area contributed by atoms with Crippen LogP contribution in [0.5, 0.6) is 0 Å². The van der Waals surface area contributed by atoms with E-state index in [9.17, 15) is 8.78 Å². The topological polar surface area (TPSA) is 55.6 Å². The minimum Gasteiger partial charge on any atom is -0.367 e. The van der Waals surface area contributed by atoms with E-state index in [-0.39, 0.29) is 23.8 Å². The monoisotopic (exact) mass is 407 g/mol. The van der Waals surface area contributed by atoms with E-state index in [1.807, 2.05) is 19.1 Å². The number of aromatic nitrogens is 4. The Balaban J connectivity index is 1.50. The Morgan fingerprint density at radius 3 is 2.53 bits per heavy atom. The maximum absolute atomic E-state index is 14.3. The van der Waals surface area contributed by atoms with Gasteiger partial charge in [-0.3, -0.25) is 0 Å². The molecular formula is C22H19F2N5O. The van der Waals surface area contributed by atoms with Crippen molar-refractivity contribution >= 4 is 11.5 Å². The zero-order valence-electron chi connectivity index (χ0n) is 16.2. The molecule has 1 aliphatic rings. The van der Waals surface area contributed by atoms with Crippen molar-refractivity contribution in [3.63, 3.8) is 0 Å². The van der Waals surface area contributed by atoms with Crippen LogP contribution in [0.4, 0.5) is 14.6 Å². The van der Waals surface area contributed by atoms with Crippen molar-refractivity contribution in [2.24, 2.45) is 0 Å². The summed E-state index contributed by atoms with van der Waals surface area (Å²) in [5, 5.41) is 12.9. The molecule has 2 aromatic carbocycles. The van der Waals surface area contributed by atoms with Crippen LogP contribution in [0.25, 0.3) is 17.0 Å². The average molecular weight is 407 g/mol. The SMILES string of the molecule is CC1CN(c2ccc3nnc(-c4ccccc4F)n3n2)CC(c2ccc(F)cc2)O1. The molecule has 4 aromatic rings. The highest BCUT2D eigenvalue weighted by molar-refractivity contribution is 5.60. The molecule has 6 nitrogen and oxygen atoms in total. The van der Waals surface area contributed by atoms with Crippen molar-refractivity contribution in [1.29, 1.82) is 0 Å². The number of benzene rings is 2. The fourth-order valence-electron chi connectivity index (χ4n) is 3.76. The molecule has 1 saturated heterocycles.